The van der Waals surface area contributed by atoms with Gasteiger partial charge in [0.25, 0.3) is 5.91 Å². The summed E-state index contributed by atoms with van der Waals surface area (Å²) >= 11 is 0. The minimum Gasteiger partial charge on any atom is -0.321 e. The molecular formula is C16H22N4O4S. The van der Waals surface area contributed by atoms with E-state index in [0.29, 0.717) is 5.69 Å². The zero-order chi connectivity index (χ0) is 18.9. The molecule has 1 aliphatic heterocycles. The van der Waals surface area contributed by atoms with Crippen LogP contribution in [0.4, 0.5) is 5.69 Å². The molecule has 0 bridgehead atoms. The van der Waals surface area contributed by atoms with E-state index in [1.807, 2.05) is 0 Å². The van der Waals surface area contributed by atoms with Crippen molar-refractivity contribution in [3.8, 4) is 0 Å². The highest BCUT2D eigenvalue weighted by Gasteiger charge is 2.24. The second kappa shape index (κ2) is 6.93. The van der Waals surface area contributed by atoms with Crippen molar-refractivity contribution in [3.63, 3.8) is 0 Å². The first-order valence-corrected chi connectivity index (χ1v) is 9.17. The molecule has 1 aromatic rings. The van der Waals surface area contributed by atoms with Crippen LogP contribution in [0.3, 0.4) is 0 Å². The van der Waals surface area contributed by atoms with Gasteiger partial charge in [0.2, 0.25) is 15.9 Å². The zero-order valence-electron chi connectivity index (χ0n) is 15.0. The number of rotatable bonds is 4. The predicted molar refractivity (Wildman–Crippen MR) is 94.9 cm³/mol. The molecule has 8 nitrogen and oxygen atoms in total. The van der Waals surface area contributed by atoms with Gasteiger partial charge in [-0.05, 0) is 37.1 Å². The van der Waals surface area contributed by atoms with Gasteiger partial charge in [0.05, 0.1) is 4.90 Å². The number of hydrogen-bond acceptors (Lipinski definition) is 5. The molecule has 0 atom stereocenters. The van der Waals surface area contributed by atoms with Gasteiger partial charge in [-0.25, -0.2) is 17.7 Å². The number of hydrogen-bond donors (Lipinski definition) is 1. The number of nitrogens with one attached hydrogen (secondary N) is 1. The Balaban J connectivity index is 2.37. The van der Waals surface area contributed by atoms with E-state index < -0.39 is 15.9 Å². The van der Waals surface area contributed by atoms with E-state index in [1.54, 1.807) is 19.9 Å². The third-order valence-electron chi connectivity index (χ3n) is 4.14. The van der Waals surface area contributed by atoms with Crippen molar-refractivity contribution in [3.05, 3.63) is 23.3 Å². The Bertz CT molecular complexity index is 859. The highest BCUT2D eigenvalue weighted by molar-refractivity contribution is 7.89. The van der Waals surface area contributed by atoms with Crippen LogP contribution in [0, 0.1) is 13.8 Å². The number of amides is 2. The van der Waals surface area contributed by atoms with E-state index >= 15 is 0 Å². The highest BCUT2D eigenvalue weighted by Crippen LogP contribution is 2.25. The summed E-state index contributed by atoms with van der Waals surface area (Å²) in [6.45, 7) is 3.58. The zero-order valence-corrected chi connectivity index (χ0v) is 15.8. The summed E-state index contributed by atoms with van der Waals surface area (Å²) in [5.41, 5.74) is 2.16. The number of anilines is 1. The molecular weight excluding hydrogens is 344 g/mol. The average molecular weight is 366 g/mol. The van der Waals surface area contributed by atoms with Gasteiger partial charge < -0.3 is 5.32 Å². The van der Waals surface area contributed by atoms with Crippen molar-refractivity contribution >= 4 is 33.2 Å². The van der Waals surface area contributed by atoms with Crippen LogP contribution in [0.25, 0.3) is 0 Å². The van der Waals surface area contributed by atoms with Crippen molar-refractivity contribution in [2.75, 3.05) is 26.5 Å². The maximum atomic E-state index is 12.4. The number of sulfonamides is 1. The summed E-state index contributed by atoms with van der Waals surface area (Å²) in [5.74, 6) is -0.594. The van der Waals surface area contributed by atoms with Gasteiger partial charge in [-0.1, -0.05) is 0 Å². The topological polar surface area (TPSA) is 99.2 Å². The van der Waals surface area contributed by atoms with E-state index in [0.717, 1.165) is 20.4 Å². The molecule has 1 heterocycles. The van der Waals surface area contributed by atoms with E-state index in [4.69, 9.17) is 0 Å². The van der Waals surface area contributed by atoms with Gasteiger partial charge in [-0.15, -0.1) is 0 Å². The quantitative estimate of drug-likeness (QED) is 0.862. The maximum Gasteiger partial charge on any atom is 0.271 e. The minimum atomic E-state index is -3.62. The average Bonchev–Trinajstić information content (AvgIpc) is 2.53. The van der Waals surface area contributed by atoms with Crippen molar-refractivity contribution in [2.45, 2.75) is 31.6 Å². The Morgan fingerprint density at radius 1 is 1.24 bits per heavy atom. The lowest BCUT2D eigenvalue weighted by molar-refractivity contribution is -0.130. The first-order chi connectivity index (χ1) is 11.5. The van der Waals surface area contributed by atoms with Crippen LogP contribution in [0.2, 0.25) is 0 Å². The number of benzene rings is 1. The second-order valence-corrected chi connectivity index (χ2v) is 8.27. The molecule has 2 amide bonds. The molecule has 25 heavy (non-hydrogen) atoms. The lowest BCUT2D eigenvalue weighted by atomic mass is 10.1. The van der Waals surface area contributed by atoms with Crippen molar-refractivity contribution < 1.29 is 18.0 Å². The molecule has 0 saturated carbocycles. The standard InChI is InChI=1S/C16H22N4O4S/c1-10-8-12(25(23,24)19(3)4)9-14(11(10)2)17-16(22)13-6-7-15(21)20(5)18-13/h8-9H,6-7H2,1-5H3,(H,17,22). The second-order valence-electron chi connectivity index (χ2n) is 6.12. The summed E-state index contributed by atoms with van der Waals surface area (Å²) in [4.78, 5) is 24.0. The van der Waals surface area contributed by atoms with Gasteiger partial charge >= 0.3 is 0 Å². The van der Waals surface area contributed by atoms with Gasteiger partial charge in [-0.2, -0.15) is 5.10 Å². The number of carbonyl (C=O) groups is 2. The largest absolute Gasteiger partial charge is 0.321 e. The fraction of sp³-hybridized carbons (Fsp3) is 0.438. The number of aryl methyl sites for hydroxylation is 1. The molecule has 9 heteroatoms. The van der Waals surface area contributed by atoms with Crippen LogP contribution >= 0.6 is 0 Å². The monoisotopic (exact) mass is 366 g/mol. The van der Waals surface area contributed by atoms with Crippen LogP contribution in [0.5, 0.6) is 0 Å². The molecule has 0 saturated heterocycles. The lowest BCUT2D eigenvalue weighted by Crippen LogP contribution is -2.34. The molecule has 1 N–H and O–H groups in total. The molecule has 0 fully saturated rings. The summed E-state index contributed by atoms with van der Waals surface area (Å²) < 4.78 is 25.8. The molecule has 0 aromatic heterocycles. The first-order valence-electron chi connectivity index (χ1n) is 7.73. The molecule has 1 aromatic carbocycles. The Hall–Kier alpha value is -2.26. The Morgan fingerprint density at radius 2 is 1.88 bits per heavy atom. The lowest BCUT2D eigenvalue weighted by Gasteiger charge is -2.20. The molecule has 1 aliphatic rings. The molecule has 0 spiro atoms. The van der Waals surface area contributed by atoms with Crippen LogP contribution in [-0.4, -0.2) is 56.4 Å². The third kappa shape index (κ3) is 3.88. The SMILES string of the molecule is Cc1cc(S(=O)(=O)N(C)C)cc(NC(=O)C2=NN(C)C(=O)CC2)c1C. The number of hydrazone groups is 1. The number of nitrogens with zero attached hydrogens (tertiary/aromatic N) is 3. The summed E-state index contributed by atoms with van der Waals surface area (Å²) in [5, 5.41) is 7.83. The molecule has 0 aliphatic carbocycles. The van der Waals surface area contributed by atoms with Crippen molar-refractivity contribution in [2.24, 2.45) is 5.10 Å². The summed E-state index contributed by atoms with van der Waals surface area (Å²) in [7, 11) is 0.780. The molecule has 2 rings (SSSR count). The van der Waals surface area contributed by atoms with Crippen LogP contribution in [0.1, 0.15) is 24.0 Å². The fourth-order valence-corrected chi connectivity index (χ4v) is 3.36. The van der Waals surface area contributed by atoms with Crippen LogP contribution in [-0.2, 0) is 19.6 Å². The van der Waals surface area contributed by atoms with Crippen molar-refractivity contribution in [1.29, 1.82) is 0 Å². The van der Waals surface area contributed by atoms with Gasteiger partial charge in [0.15, 0.2) is 0 Å². The van der Waals surface area contributed by atoms with E-state index in [9.17, 15) is 18.0 Å². The first kappa shape index (κ1) is 19.1. The van der Waals surface area contributed by atoms with Gasteiger partial charge in [-0.3, -0.25) is 9.59 Å². The number of carbonyl (C=O) groups excluding carboxylic acids is 2. The Kier molecular flexibility index (Phi) is 5.28. The summed E-state index contributed by atoms with van der Waals surface area (Å²) in [6, 6.07) is 3.01. The van der Waals surface area contributed by atoms with Crippen molar-refractivity contribution in [1.82, 2.24) is 9.31 Å². The molecule has 136 valence electrons. The minimum absolute atomic E-state index is 0.105. The Morgan fingerprint density at radius 3 is 2.44 bits per heavy atom. The van der Waals surface area contributed by atoms with E-state index in [2.05, 4.69) is 10.4 Å². The van der Waals surface area contributed by atoms with E-state index in [1.165, 1.54) is 27.2 Å². The van der Waals surface area contributed by atoms with E-state index in [-0.39, 0.29) is 29.4 Å². The Labute approximate surface area is 147 Å². The van der Waals surface area contributed by atoms with Crippen LogP contribution < -0.4 is 5.32 Å². The van der Waals surface area contributed by atoms with Gasteiger partial charge in [0.1, 0.15) is 5.71 Å². The molecule has 0 unspecified atom stereocenters. The normalized spacial score (nSPS) is 15.4. The maximum absolute atomic E-state index is 12.4. The van der Waals surface area contributed by atoms with Gasteiger partial charge in [0, 0.05) is 39.7 Å². The molecule has 0 radical (unpaired) electrons. The fourth-order valence-electron chi connectivity index (χ4n) is 2.34. The predicted octanol–water partition coefficient (Wildman–Crippen LogP) is 1.10. The van der Waals surface area contributed by atoms with Crippen LogP contribution in [0.15, 0.2) is 22.1 Å². The highest BCUT2D eigenvalue weighted by atomic mass is 32.2. The smallest absolute Gasteiger partial charge is 0.271 e. The summed E-state index contributed by atoms with van der Waals surface area (Å²) in [6.07, 6.45) is 0.471. The third-order valence-corrected chi connectivity index (χ3v) is 5.93.